The second-order valence-corrected chi connectivity index (χ2v) is 5.26. The molecule has 0 spiro atoms. The minimum atomic E-state index is 0.863. The van der Waals surface area contributed by atoms with E-state index in [0.717, 1.165) is 12.5 Å². The summed E-state index contributed by atoms with van der Waals surface area (Å²) in [4.78, 5) is 1.40. The summed E-state index contributed by atoms with van der Waals surface area (Å²) in [6.07, 6.45) is 2.59. The first-order valence-corrected chi connectivity index (χ1v) is 7.15. The van der Waals surface area contributed by atoms with Gasteiger partial charge in [-0.1, -0.05) is 38.8 Å². The minimum absolute atomic E-state index is 0.863. The SMILES string of the molecule is CCC(CC)CSc1ccc(CNC)cc1. The Kier molecular flexibility index (Phi) is 6.58. The monoisotopic (exact) mass is 237 g/mol. The van der Waals surface area contributed by atoms with E-state index in [1.807, 2.05) is 18.8 Å². The lowest BCUT2D eigenvalue weighted by molar-refractivity contribution is 0.554. The third kappa shape index (κ3) is 4.58. The van der Waals surface area contributed by atoms with Gasteiger partial charge in [0.25, 0.3) is 0 Å². The predicted octanol–water partition coefficient (Wildman–Crippen LogP) is 3.93. The summed E-state index contributed by atoms with van der Waals surface area (Å²) >= 11 is 1.98. The van der Waals surface area contributed by atoms with Crippen LogP contribution in [0.4, 0.5) is 0 Å². The average Bonchev–Trinajstić information content (AvgIpc) is 2.33. The van der Waals surface area contributed by atoms with Crippen LogP contribution in [0, 0.1) is 5.92 Å². The first-order chi connectivity index (χ1) is 7.80. The van der Waals surface area contributed by atoms with E-state index in [-0.39, 0.29) is 0 Å². The van der Waals surface area contributed by atoms with Gasteiger partial charge in [0.05, 0.1) is 0 Å². The molecule has 1 aromatic carbocycles. The molecule has 0 aliphatic heterocycles. The van der Waals surface area contributed by atoms with Crippen molar-refractivity contribution in [1.82, 2.24) is 5.32 Å². The Morgan fingerprint density at radius 1 is 1.12 bits per heavy atom. The third-order valence-electron chi connectivity index (χ3n) is 2.94. The van der Waals surface area contributed by atoms with Gasteiger partial charge in [0.2, 0.25) is 0 Å². The van der Waals surface area contributed by atoms with Crippen LogP contribution < -0.4 is 5.32 Å². The molecule has 1 rings (SSSR count). The van der Waals surface area contributed by atoms with E-state index in [1.54, 1.807) is 0 Å². The standard InChI is InChI=1S/C14H23NS/c1-4-12(5-2)11-16-14-8-6-13(7-9-14)10-15-3/h6-9,12,15H,4-5,10-11H2,1-3H3. The van der Waals surface area contributed by atoms with Gasteiger partial charge in [-0.25, -0.2) is 0 Å². The molecule has 0 bridgehead atoms. The van der Waals surface area contributed by atoms with E-state index in [1.165, 1.54) is 29.1 Å². The highest BCUT2D eigenvalue weighted by Crippen LogP contribution is 2.23. The van der Waals surface area contributed by atoms with Crippen LogP contribution in [0.25, 0.3) is 0 Å². The van der Waals surface area contributed by atoms with Gasteiger partial charge < -0.3 is 5.32 Å². The molecule has 0 aliphatic rings. The number of hydrogen-bond donors (Lipinski definition) is 1. The molecule has 0 saturated carbocycles. The molecular weight excluding hydrogens is 214 g/mol. The average molecular weight is 237 g/mol. The van der Waals surface area contributed by atoms with Crippen LogP contribution in [0.5, 0.6) is 0 Å². The summed E-state index contributed by atoms with van der Waals surface area (Å²) in [6, 6.07) is 8.90. The van der Waals surface area contributed by atoms with E-state index >= 15 is 0 Å². The molecule has 0 saturated heterocycles. The highest BCUT2D eigenvalue weighted by atomic mass is 32.2. The smallest absolute Gasteiger partial charge is 0.0202 e. The van der Waals surface area contributed by atoms with Crippen LogP contribution in [0.2, 0.25) is 0 Å². The Hall–Kier alpha value is -0.470. The largest absolute Gasteiger partial charge is 0.316 e. The number of benzene rings is 1. The van der Waals surface area contributed by atoms with Crippen molar-refractivity contribution >= 4 is 11.8 Å². The zero-order valence-electron chi connectivity index (χ0n) is 10.6. The molecule has 0 heterocycles. The highest BCUT2D eigenvalue weighted by molar-refractivity contribution is 7.99. The van der Waals surface area contributed by atoms with Crippen LogP contribution >= 0.6 is 11.8 Å². The quantitative estimate of drug-likeness (QED) is 0.721. The molecular formula is C14H23NS. The van der Waals surface area contributed by atoms with Crippen molar-refractivity contribution in [2.24, 2.45) is 5.92 Å². The number of thioether (sulfide) groups is 1. The molecule has 0 fully saturated rings. The fourth-order valence-electron chi connectivity index (χ4n) is 1.65. The molecule has 90 valence electrons. The predicted molar refractivity (Wildman–Crippen MR) is 74.0 cm³/mol. The molecule has 0 atom stereocenters. The van der Waals surface area contributed by atoms with Gasteiger partial charge in [0, 0.05) is 17.2 Å². The van der Waals surface area contributed by atoms with Crippen molar-refractivity contribution in [3.8, 4) is 0 Å². The van der Waals surface area contributed by atoms with Crippen molar-refractivity contribution in [2.45, 2.75) is 38.1 Å². The van der Waals surface area contributed by atoms with E-state index in [9.17, 15) is 0 Å². The van der Waals surface area contributed by atoms with E-state index in [4.69, 9.17) is 0 Å². The Bertz CT molecular complexity index is 277. The van der Waals surface area contributed by atoms with Crippen molar-refractivity contribution in [3.63, 3.8) is 0 Å². The molecule has 0 aliphatic carbocycles. The lowest BCUT2D eigenvalue weighted by Crippen LogP contribution is -2.04. The van der Waals surface area contributed by atoms with Crippen LogP contribution in [-0.2, 0) is 6.54 Å². The van der Waals surface area contributed by atoms with Crippen LogP contribution in [0.1, 0.15) is 32.3 Å². The lowest BCUT2D eigenvalue weighted by atomic mass is 10.1. The van der Waals surface area contributed by atoms with Crippen molar-refractivity contribution in [3.05, 3.63) is 29.8 Å². The fraction of sp³-hybridized carbons (Fsp3) is 0.571. The first kappa shape index (κ1) is 13.6. The molecule has 2 heteroatoms. The Morgan fingerprint density at radius 3 is 2.25 bits per heavy atom. The zero-order chi connectivity index (χ0) is 11.8. The van der Waals surface area contributed by atoms with E-state index in [0.29, 0.717) is 0 Å². The Balaban J connectivity index is 2.42. The normalized spacial score (nSPS) is 11.0. The lowest BCUT2D eigenvalue weighted by Gasteiger charge is -2.11. The number of hydrogen-bond acceptors (Lipinski definition) is 2. The van der Waals surface area contributed by atoms with Gasteiger partial charge >= 0.3 is 0 Å². The number of nitrogens with one attached hydrogen (secondary N) is 1. The Labute approximate surface area is 104 Å². The highest BCUT2D eigenvalue weighted by Gasteiger charge is 2.04. The topological polar surface area (TPSA) is 12.0 Å². The molecule has 1 nitrogen and oxygen atoms in total. The fourth-order valence-corrected chi connectivity index (χ4v) is 2.87. The maximum absolute atomic E-state index is 3.17. The molecule has 16 heavy (non-hydrogen) atoms. The summed E-state index contributed by atoms with van der Waals surface area (Å²) in [5.74, 6) is 2.11. The van der Waals surface area contributed by atoms with Gasteiger partial charge in [0.1, 0.15) is 0 Å². The van der Waals surface area contributed by atoms with Crippen molar-refractivity contribution < 1.29 is 0 Å². The zero-order valence-corrected chi connectivity index (χ0v) is 11.4. The minimum Gasteiger partial charge on any atom is -0.316 e. The molecule has 0 aromatic heterocycles. The Morgan fingerprint density at radius 2 is 1.75 bits per heavy atom. The van der Waals surface area contributed by atoms with E-state index in [2.05, 4.69) is 43.4 Å². The summed E-state index contributed by atoms with van der Waals surface area (Å²) < 4.78 is 0. The van der Waals surface area contributed by atoms with Gasteiger partial charge in [-0.2, -0.15) is 0 Å². The van der Waals surface area contributed by atoms with Gasteiger partial charge in [-0.3, -0.25) is 0 Å². The van der Waals surface area contributed by atoms with Gasteiger partial charge in [0.15, 0.2) is 0 Å². The summed E-state index contributed by atoms with van der Waals surface area (Å²) in [5, 5.41) is 3.17. The third-order valence-corrected chi connectivity index (χ3v) is 4.19. The molecule has 1 aromatic rings. The second kappa shape index (κ2) is 7.75. The van der Waals surface area contributed by atoms with Crippen molar-refractivity contribution in [2.75, 3.05) is 12.8 Å². The maximum Gasteiger partial charge on any atom is 0.0202 e. The van der Waals surface area contributed by atoms with Crippen LogP contribution in [-0.4, -0.2) is 12.8 Å². The second-order valence-electron chi connectivity index (χ2n) is 4.17. The molecule has 1 N–H and O–H groups in total. The van der Waals surface area contributed by atoms with Gasteiger partial charge in [-0.15, -0.1) is 11.8 Å². The van der Waals surface area contributed by atoms with Crippen molar-refractivity contribution in [1.29, 1.82) is 0 Å². The maximum atomic E-state index is 3.17. The molecule has 0 unspecified atom stereocenters. The van der Waals surface area contributed by atoms with Crippen LogP contribution in [0.15, 0.2) is 29.2 Å². The number of rotatable bonds is 7. The molecule has 0 amide bonds. The summed E-state index contributed by atoms with van der Waals surface area (Å²) in [5.41, 5.74) is 1.36. The summed E-state index contributed by atoms with van der Waals surface area (Å²) in [7, 11) is 1.98. The summed E-state index contributed by atoms with van der Waals surface area (Å²) in [6.45, 7) is 5.52. The first-order valence-electron chi connectivity index (χ1n) is 6.16. The molecule has 0 radical (unpaired) electrons. The van der Waals surface area contributed by atoms with E-state index < -0.39 is 0 Å². The van der Waals surface area contributed by atoms with Crippen LogP contribution in [0.3, 0.4) is 0 Å². The van der Waals surface area contributed by atoms with Gasteiger partial charge in [-0.05, 0) is 30.7 Å².